The maximum absolute atomic E-state index is 10.7. The molecule has 0 aliphatic carbocycles. The number of hydrogen-bond acceptors (Lipinski definition) is 4. The Kier molecular flexibility index (Phi) is 3.01. The third-order valence-corrected chi connectivity index (χ3v) is 1.59. The monoisotopic (exact) mass is 195 g/mol. The van der Waals surface area contributed by atoms with Crippen LogP contribution in [0.25, 0.3) is 0 Å². The summed E-state index contributed by atoms with van der Waals surface area (Å²) in [7, 11) is 1.47. The number of anilines is 1. The van der Waals surface area contributed by atoms with Crippen molar-refractivity contribution in [3.05, 3.63) is 29.2 Å². The third kappa shape index (κ3) is 1.98. The normalized spacial score (nSPS) is 9.21. The average Bonchev–Trinajstić information content (AvgIpc) is 2.19. The summed E-state index contributed by atoms with van der Waals surface area (Å²) in [6.45, 7) is 0. The zero-order valence-corrected chi connectivity index (χ0v) is 7.51. The molecule has 14 heavy (non-hydrogen) atoms. The Bertz CT molecular complexity index is 353. The van der Waals surface area contributed by atoms with E-state index in [1.165, 1.54) is 19.2 Å². The van der Waals surface area contributed by atoms with Crippen LogP contribution >= 0.6 is 0 Å². The minimum Gasteiger partial charge on any atom is -0.497 e. The number of rotatable bonds is 3. The lowest BCUT2D eigenvalue weighted by molar-refractivity contribution is 0.254. The Hall–Kier alpha value is -2.11. The Morgan fingerprint density at radius 2 is 2.29 bits per heavy atom. The van der Waals surface area contributed by atoms with E-state index in [0.29, 0.717) is 10.8 Å². The van der Waals surface area contributed by atoms with Crippen LogP contribution in [0.5, 0.6) is 5.75 Å². The van der Waals surface area contributed by atoms with Crippen molar-refractivity contribution in [2.45, 2.75) is 0 Å². The van der Waals surface area contributed by atoms with Crippen molar-refractivity contribution < 1.29 is 9.53 Å². The summed E-state index contributed by atoms with van der Waals surface area (Å²) in [5, 5.41) is 3.03. The Morgan fingerprint density at radius 3 is 2.79 bits per heavy atom. The van der Waals surface area contributed by atoms with E-state index in [4.69, 9.17) is 10.5 Å². The molecule has 0 aliphatic rings. The van der Waals surface area contributed by atoms with Gasteiger partial charge in [-0.1, -0.05) is 6.07 Å². The number of nitrogens with two attached hydrogens (primary N) is 1. The van der Waals surface area contributed by atoms with E-state index in [9.17, 15) is 9.70 Å². The van der Waals surface area contributed by atoms with Crippen LogP contribution in [0.15, 0.2) is 29.6 Å². The number of methoxy groups -OCH3 is 1. The molecule has 0 atom stereocenters. The molecule has 0 heterocycles. The average molecular weight is 195 g/mol. The molecule has 0 aliphatic heterocycles. The molecule has 0 aromatic heterocycles. The third-order valence-electron chi connectivity index (χ3n) is 1.59. The molecule has 2 amide bonds. The minimum absolute atomic E-state index is 0.270. The second-order valence-electron chi connectivity index (χ2n) is 2.43. The maximum Gasteiger partial charge on any atom is 0.342 e. The van der Waals surface area contributed by atoms with E-state index in [2.05, 4.69) is 5.29 Å². The predicted molar refractivity (Wildman–Crippen MR) is 50.9 cm³/mol. The lowest BCUT2D eigenvalue weighted by Crippen LogP contribution is -2.30. The first-order chi connectivity index (χ1) is 6.69. The number of amides is 2. The van der Waals surface area contributed by atoms with Gasteiger partial charge in [0.25, 0.3) is 0 Å². The van der Waals surface area contributed by atoms with Crippen molar-refractivity contribution in [3.63, 3.8) is 0 Å². The van der Waals surface area contributed by atoms with E-state index in [1.54, 1.807) is 12.1 Å². The number of nitrogens with zero attached hydrogens (tertiary/aromatic N) is 2. The summed E-state index contributed by atoms with van der Waals surface area (Å²) in [4.78, 5) is 21.0. The van der Waals surface area contributed by atoms with Gasteiger partial charge >= 0.3 is 6.03 Å². The molecule has 0 unspecified atom stereocenters. The van der Waals surface area contributed by atoms with Gasteiger partial charge in [0.1, 0.15) is 5.75 Å². The van der Waals surface area contributed by atoms with Gasteiger partial charge in [-0.3, -0.25) is 0 Å². The number of ether oxygens (including phenoxy) is 1. The highest BCUT2D eigenvalue weighted by molar-refractivity contribution is 5.89. The molecule has 0 spiro atoms. The molecule has 1 aromatic rings. The lowest BCUT2D eigenvalue weighted by Gasteiger charge is -2.10. The first kappa shape index (κ1) is 9.97. The van der Waals surface area contributed by atoms with Crippen molar-refractivity contribution in [2.24, 2.45) is 11.0 Å². The second-order valence-corrected chi connectivity index (χ2v) is 2.43. The van der Waals surface area contributed by atoms with Gasteiger partial charge in [0.15, 0.2) is 0 Å². The highest BCUT2D eigenvalue weighted by atomic mass is 16.5. The molecule has 0 saturated heterocycles. The molecule has 0 saturated carbocycles. The van der Waals surface area contributed by atoms with Crippen LogP contribution in [0.1, 0.15) is 0 Å². The highest BCUT2D eigenvalue weighted by Gasteiger charge is 2.12. The van der Waals surface area contributed by atoms with Crippen LogP contribution in [0, 0.1) is 4.91 Å². The maximum atomic E-state index is 10.7. The summed E-state index contributed by atoms with van der Waals surface area (Å²) in [6, 6.07) is 5.36. The fourth-order valence-electron chi connectivity index (χ4n) is 0.957. The van der Waals surface area contributed by atoms with Crippen molar-refractivity contribution in [1.82, 2.24) is 0 Å². The van der Waals surface area contributed by atoms with Gasteiger partial charge in [0.05, 0.1) is 18.1 Å². The van der Waals surface area contributed by atoms with E-state index >= 15 is 0 Å². The molecule has 6 nitrogen and oxygen atoms in total. The molecule has 1 rings (SSSR count). The number of carbonyl (C=O) groups is 1. The molecule has 0 radical (unpaired) electrons. The van der Waals surface area contributed by atoms with Gasteiger partial charge in [-0.2, -0.15) is 0 Å². The predicted octanol–water partition coefficient (Wildman–Crippen LogP) is 1.26. The summed E-state index contributed by atoms with van der Waals surface area (Å²) < 4.78 is 4.91. The number of primary amides is 1. The summed E-state index contributed by atoms with van der Waals surface area (Å²) >= 11 is 0. The molecule has 0 bridgehead atoms. The Morgan fingerprint density at radius 1 is 1.57 bits per heavy atom. The Balaban J connectivity index is 3.04. The van der Waals surface area contributed by atoms with Crippen molar-refractivity contribution >= 4 is 11.7 Å². The molecule has 74 valence electrons. The highest BCUT2D eigenvalue weighted by Crippen LogP contribution is 2.20. The summed E-state index contributed by atoms with van der Waals surface area (Å²) in [5.41, 5.74) is 5.19. The quantitative estimate of drug-likeness (QED) is 0.582. The van der Waals surface area contributed by atoms with Gasteiger partial charge in [0, 0.05) is 6.07 Å². The van der Waals surface area contributed by atoms with E-state index in [-0.39, 0.29) is 5.69 Å². The van der Waals surface area contributed by atoms with Gasteiger partial charge in [-0.05, 0) is 12.1 Å². The van der Waals surface area contributed by atoms with Crippen LogP contribution in [0.3, 0.4) is 0 Å². The first-order valence-electron chi connectivity index (χ1n) is 3.76. The van der Waals surface area contributed by atoms with E-state index < -0.39 is 6.03 Å². The summed E-state index contributed by atoms with van der Waals surface area (Å²) in [5.74, 6) is 0.511. The first-order valence-corrected chi connectivity index (χ1v) is 3.76. The van der Waals surface area contributed by atoms with Crippen LogP contribution in [-0.2, 0) is 0 Å². The minimum atomic E-state index is -0.937. The van der Waals surface area contributed by atoms with Gasteiger partial charge < -0.3 is 10.5 Å². The molecular weight excluding hydrogens is 186 g/mol. The van der Waals surface area contributed by atoms with E-state index in [1.807, 2.05) is 0 Å². The SMILES string of the molecule is COc1cccc(N(N=O)C(N)=O)c1. The Labute approximate surface area is 80.2 Å². The number of urea groups is 1. The zero-order chi connectivity index (χ0) is 10.6. The van der Waals surface area contributed by atoms with Crippen LogP contribution in [0.2, 0.25) is 0 Å². The fourth-order valence-corrected chi connectivity index (χ4v) is 0.957. The molecular formula is C8H9N3O3. The number of nitroso groups, excluding NO2 is 1. The van der Waals surface area contributed by atoms with Gasteiger partial charge in [-0.15, -0.1) is 9.92 Å². The van der Waals surface area contributed by atoms with Crippen molar-refractivity contribution in [2.75, 3.05) is 12.1 Å². The van der Waals surface area contributed by atoms with Crippen molar-refractivity contribution in [3.8, 4) is 5.75 Å². The molecule has 2 N–H and O–H groups in total. The number of hydrogen-bond donors (Lipinski definition) is 1. The topological polar surface area (TPSA) is 85.0 Å². The lowest BCUT2D eigenvalue weighted by atomic mass is 10.3. The largest absolute Gasteiger partial charge is 0.497 e. The number of carbonyl (C=O) groups excluding carboxylic acids is 1. The number of benzene rings is 1. The van der Waals surface area contributed by atoms with E-state index in [0.717, 1.165) is 0 Å². The van der Waals surface area contributed by atoms with Crippen LogP contribution in [-0.4, -0.2) is 13.1 Å². The zero-order valence-electron chi connectivity index (χ0n) is 7.51. The molecule has 6 heteroatoms. The smallest absolute Gasteiger partial charge is 0.342 e. The standard InChI is InChI=1S/C8H9N3O3/c1-14-7-4-2-3-6(5-7)11(10-13)8(9)12/h2-5H,1H3,(H2,9,12). The van der Waals surface area contributed by atoms with Gasteiger partial charge in [0.2, 0.25) is 0 Å². The van der Waals surface area contributed by atoms with Gasteiger partial charge in [-0.25, -0.2) is 4.79 Å². The molecule has 1 aromatic carbocycles. The van der Waals surface area contributed by atoms with Crippen LogP contribution in [0.4, 0.5) is 10.5 Å². The molecule has 0 fully saturated rings. The van der Waals surface area contributed by atoms with Crippen molar-refractivity contribution in [1.29, 1.82) is 0 Å². The fraction of sp³-hybridized carbons (Fsp3) is 0.125. The van der Waals surface area contributed by atoms with Crippen LogP contribution < -0.4 is 15.5 Å². The summed E-state index contributed by atoms with van der Waals surface area (Å²) in [6.07, 6.45) is 0. The second kappa shape index (κ2) is 4.22.